The summed E-state index contributed by atoms with van der Waals surface area (Å²) in [4.78, 5) is 22.8. The molecular weight excluding hydrogens is 300 g/mol. The van der Waals surface area contributed by atoms with E-state index in [2.05, 4.69) is 4.72 Å². The smallest absolute Gasteiger partial charge is 0.408 e. The van der Waals surface area contributed by atoms with Gasteiger partial charge in [0.1, 0.15) is 6.04 Å². The second-order valence-electron chi connectivity index (χ2n) is 4.66. The number of aliphatic carboxylic acids is 1. The molecular formula is C12H14N2O6S. The quantitative estimate of drug-likeness (QED) is 0.728. The Morgan fingerprint density at radius 1 is 1.19 bits per heavy atom. The van der Waals surface area contributed by atoms with Crippen molar-refractivity contribution < 1.29 is 28.2 Å². The van der Waals surface area contributed by atoms with Gasteiger partial charge in [0.25, 0.3) is 0 Å². The molecule has 9 heteroatoms. The summed E-state index contributed by atoms with van der Waals surface area (Å²) in [5, 5.41) is 17.9. The highest BCUT2D eigenvalue weighted by molar-refractivity contribution is 7.89. The van der Waals surface area contributed by atoms with E-state index in [1.54, 1.807) is 18.2 Å². The molecule has 1 aromatic rings. The Morgan fingerprint density at radius 3 is 2.29 bits per heavy atom. The molecule has 0 bridgehead atoms. The van der Waals surface area contributed by atoms with Crippen molar-refractivity contribution in [2.24, 2.45) is 0 Å². The molecule has 0 unspecified atom stereocenters. The number of likely N-dealkylation sites (tertiary alicyclic amines) is 1. The third-order valence-electron chi connectivity index (χ3n) is 3.21. The lowest BCUT2D eigenvalue weighted by Gasteiger charge is -2.16. The molecule has 8 nitrogen and oxygen atoms in total. The molecule has 21 heavy (non-hydrogen) atoms. The topological polar surface area (TPSA) is 124 Å². The summed E-state index contributed by atoms with van der Waals surface area (Å²) >= 11 is 0. The Morgan fingerprint density at radius 2 is 1.81 bits per heavy atom. The first-order valence-corrected chi connectivity index (χ1v) is 7.59. The number of sulfonamides is 1. The third kappa shape index (κ3) is 3.31. The van der Waals surface area contributed by atoms with Crippen molar-refractivity contribution in [1.29, 1.82) is 0 Å². The van der Waals surface area contributed by atoms with Gasteiger partial charge in [-0.3, -0.25) is 4.90 Å². The largest absolute Gasteiger partial charge is 0.480 e. The molecule has 1 heterocycles. The lowest BCUT2D eigenvalue weighted by molar-refractivity contribution is -0.141. The fourth-order valence-electron chi connectivity index (χ4n) is 2.25. The summed E-state index contributed by atoms with van der Waals surface area (Å²) < 4.78 is 26.6. The molecule has 1 aliphatic rings. The van der Waals surface area contributed by atoms with Crippen LogP contribution >= 0.6 is 0 Å². The molecule has 0 aromatic heterocycles. The number of amides is 1. The lowest BCUT2D eigenvalue weighted by Crippen LogP contribution is -2.40. The number of hydrogen-bond acceptors (Lipinski definition) is 4. The van der Waals surface area contributed by atoms with E-state index in [4.69, 9.17) is 10.2 Å². The van der Waals surface area contributed by atoms with Crippen LogP contribution in [0.2, 0.25) is 0 Å². The summed E-state index contributed by atoms with van der Waals surface area (Å²) in [7, 11) is -3.80. The molecule has 1 amide bonds. The van der Waals surface area contributed by atoms with Gasteiger partial charge in [0.15, 0.2) is 0 Å². The minimum atomic E-state index is -3.80. The first-order chi connectivity index (χ1) is 9.81. The van der Waals surface area contributed by atoms with Crippen molar-refractivity contribution in [3.05, 3.63) is 30.3 Å². The molecule has 3 N–H and O–H groups in total. The lowest BCUT2D eigenvalue weighted by atomic mass is 10.2. The van der Waals surface area contributed by atoms with Gasteiger partial charge in [-0.2, -0.15) is 0 Å². The Kier molecular flexibility index (Phi) is 4.14. The Hall–Kier alpha value is -2.13. The highest BCUT2D eigenvalue weighted by Gasteiger charge is 2.41. The Balaban J connectivity index is 2.14. The molecule has 0 radical (unpaired) electrons. The van der Waals surface area contributed by atoms with E-state index in [0.29, 0.717) is 0 Å². The van der Waals surface area contributed by atoms with Crippen LogP contribution in [0.4, 0.5) is 4.79 Å². The molecule has 2 atom stereocenters. The number of benzene rings is 1. The maximum atomic E-state index is 12.1. The fourth-order valence-corrected chi connectivity index (χ4v) is 3.52. The Labute approximate surface area is 121 Å². The zero-order valence-electron chi connectivity index (χ0n) is 10.8. The second kappa shape index (κ2) is 5.70. The van der Waals surface area contributed by atoms with Crippen LogP contribution in [-0.2, 0) is 14.8 Å². The molecule has 0 aliphatic carbocycles. The van der Waals surface area contributed by atoms with Crippen molar-refractivity contribution in [1.82, 2.24) is 9.62 Å². The van der Waals surface area contributed by atoms with Gasteiger partial charge in [0, 0.05) is 12.6 Å². The fraction of sp³-hybridized carbons (Fsp3) is 0.333. The van der Waals surface area contributed by atoms with E-state index >= 15 is 0 Å². The van der Waals surface area contributed by atoms with Gasteiger partial charge in [0.2, 0.25) is 10.0 Å². The van der Waals surface area contributed by atoms with E-state index in [-0.39, 0.29) is 17.9 Å². The number of hydrogen-bond donors (Lipinski definition) is 3. The average molecular weight is 314 g/mol. The molecule has 1 saturated heterocycles. The van der Waals surface area contributed by atoms with Crippen LogP contribution in [0.1, 0.15) is 6.42 Å². The van der Waals surface area contributed by atoms with Crippen LogP contribution in [0.5, 0.6) is 0 Å². The van der Waals surface area contributed by atoms with Gasteiger partial charge >= 0.3 is 12.1 Å². The monoisotopic (exact) mass is 314 g/mol. The van der Waals surface area contributed by atoms with Gasteiger partial charge in [-0.25, -0.2) is 22.7 Å². The van der Waals surface area contributed by atoms with Gasteiger partial charge in [-0.05, 0) is 18.6 Å². The van der Waals surface area contributed by atoms with Gasteiger partial charge in [-0.15, -0.1) is 0 Å². The van der Waals surface area contributed by atoms with Crippen LogP contribution in [0.3, 0.4) is 0 Å². The number of carboxylic acids is 1. The predicted molar refractivity (Wildman–Crippen MR) is 71.3 cm³/mol. The van der Waals surface area contributed by atoms with Gasteiger partial charge in [-0.1, -0.05) is 18.2 Å². The van der Waals surface area contributed by atoms with Crippen LogP contribution < -0.4 is 4.72 Å². The molecule has 0 saturated carbocycles. The number of nitrogens with one attached hydrogen (secondary N) is 1. The summed E-state index contributed by atoms with van der Waals surface area (Å²) in [6.07, 6.45) is -1.49. The SMILES string of the molecule is O=C(O)[C@@H]1C[C@@H](NS(=O)(=O)c2ccccc2)CN1C(=O)O. The minimum Gasteiger partial charge on any atom is -0.480 e. The Bertz CT molecular complexity index is 623. The first-order valence-electron chi connectivity index (χ1n) is 6.11. The molecule has 1 aromatic carbocycles. The number of rotatable bonds is 4. The predicted octanol–water partition coefficient (Wildman–Crippen LogP) is 0.170. The maximum Gasteiger partial charge on any atom is 0.408 e. The van der Waals surface area contributed by atoms with E-state index < -0.39 is 34.2 Å². The van der Waals surface area contributed by atoms with Crippen molar-refractivity contribution in [2.75, 3.05) is 6.54 Å². The van der Waals surface area contributed by atoms with Crippen molar-refractivity contribution in [3.8, 4) is 0 Å². The highest BCUT2D eigenvalue weighted by atomic mass is 32.2. The average Bonchev–Trinajstić information content (AvgIpc) is 2.83. The third-order valence-corrected chi connectivity index (χ3v) is 4.74. The molecule has 0 spiro atoms. The molecule has 2 rings (SSSR count). The molecule has 1 aliphatic heterocycles. The molecule has 1 fully saturated rings. The zero-order valence-corrected chi connectivity index (χ0v) is 11.7. The number of carboxylic acid groups (broad SMARTS) is 2. The van der Waals surface area contributed by atoms with E-state index in [9.17, 15) is 18.0 Å². The van der Waals surface area contributed by atoms with E-state index in [0.717, 1.165) is 4.90 Å². The summed E-state index contributed by atoms with van der Waals surface area (Å²) in [5.74, 6) is -1.29. The van der Waals surface area contributed by atoms with Gasteiger partial charge < -0.3 is 10.2 Å². The summed E-state index contributed by atoms with van der Waals surface area (Å²) in [5.41, 5.74) is 0. The zero-order chi connectivity index (χ0) is 15.6. The number of nitrogens with zero attached hydrogens (tertiary/aromatic N) is 1. The normalized spacial score (nSPS) is 22.2. The van der Waals surface area contributed by atoms with Gasteiger partial charge in [0.05, 0.1) is 4.90 Å². The van der Waals surface area contributed by atoms with E-state index in [1.807, 2.05) is 0 Å². The maximum absolute atomic E-state index is 12.1. The van der Waals surface area contributed by atoms with Crippen molar-refractivity contribution in [3.63, 3.8) is 0 Å². The van der Waals surface area contributed by atoms with Crippen molar-refractivity contribution in [2.45, 2.75) is 23.4 Å². The number of carbonyl (C=O) groups is 2. The summed E-state index contributed by atoms with van der Waals surface area (Å²) in [6, 6.07) is 5.58. The first kappa shape index (κ1) is 15.3. The minimum absolute atomic E-state index is 0.0469. The van der Waals surface area contributed by atoms with Crippen LogP contribution in [-0.4, -0.2) is 54.2 Å². The van der Waals surface area contributed by atoms with Crippen LogP contribution in [0.25, 0.3) is 0 Å². The van der Waals surface area contributed by atoms with Crippen LogP contribution in [0.15, 0.2) is 35.2 Å². The summed E-state index contributed by atoms with van der Waals surface area (Å²) in [6.45, 7) is -0.196. The molecule has 114 valence electrons. The second-order valence-corrected chi connectivity index (χ2v) is 6.37. The standard InChI is InChI=1S/C12H14N2O6S/c15-11(16)10-6-8(7-14(10)12(17)18)13-21(19,20)9-4-2-1-3-5-9/h1-5,8,10,13H,6-7H2,(H,15,16)(H,17,18)/t8-,10+/m1/s1. The van der Waals surface area contributed by atoms with Crippen molar-refractivity contribution >= 4 is 22.1 Å². The highest BCUT2D eigenvalue weighted by Crippen LogP contribution is 2.20. The van der Waals surface area contributed by atoms with E-state index in [1.165, 1.54) is 12.1 Å². The van der Waals surface area contributed by atoms with Crippen LogP contribution in [0, 0.1) is 0 Å².